The maximum absolute atomic E-state index is 14.2. The molecule has 1 aromatic heterocycles. The van der Waals surface area contributed by atoms with Gasteiger partial charge in [0, 0.05) is 134 Å². The predicted octanol–water partition coefficient (Wildman–Crippen LogP) is -0.281. The first-order valence-electron chi connectivity index (χ1n) is 21.0. The Kier molecular flexibility index (Phi) is 17.3. The monoisotopic (exact) mass is 825 g/mol. The zero-order chi connectivity index (χ0) is 41.9. The Bertz CT molecular complexity index is 1930. The number of para-hydroxylation sites is 2. The number of nitrogens with one attached hydrogen (secondary N) is 8. The number of benzene rings is 3. The van der Waals surface area contributed by atoms with Gasteiger partial charge in [-0.3, -0.25) is 19.2 Å². The van der Waals surface area contributed by atoms with Crippen LogP contribution in [0.2, 0.25) is 0 Å². The third kappa shape index (κ3) is 12.4. The molecule has 4 aromatic rings. The van der Waals surface area contributed by atoms with Crippen molar-refractivity contribution in [3.63, 3.8) is 0 Å². The molecule has 322 valence electrons. The molecule has 6 rings (SSSR count). The lowest BCUT2D eigenvalue weighted by Gasteiger charge is -2.27. The van der Waals surface area contributed by atoms with Gasteiger partial charge >= 0.3 is 0 Å². The molecule has 3 heterocycles. The molecule has 0 saturated carbocycles. The highest BCUT2D eigenvalue weighted by Crippen LogP contribution is 2.28. The number of carbonyl (C=O) groups is 4. The van der Waals surface area contributed by atoms with Crippen LogP contribution in [0.3, 0.4) is 0 Å². The molecule has 0 aliphatic carbocycles. The van der Waals surface area contributed by atoms with Crippen LogP contribution < -0.4 is 42.5 Å². The Labute approximate surface area is 350 Å². The summed E-state index contributed by atoms with van der Waals surface area (Å²) in [5.74, 6) is -2.16. The molecule has 0 spiro atoms. The largest absolute Gasteiger partial charge is 0.506 e. The first kappa shape index (κ1) is 44.3. The minimum atomic E-state index is -0.527. The minimum Gasteiger partial charge on any atom is -0.506 e. The highest BCUT2D eigenvalue weighted by atomic mass is 16.5. The second-order valence-corrected chi connectivity index (χ2v) is 14.6. The Hall–Kier alpha value is -5.27. The zero-order valence-electron chi connectivity index (χ0n) is 34.2. The average molecular weight is 826 g/mol. The van der Waals surface area contributed by atoms with Crippen molar-refractivity contribution in [2.45, 2.75) is 0 Å². The summed E-state index contributed by atoms with van der Waals surface area (Å²) in [6, 6.07) is 17.8. The van der Waals surface area contributed by atoms with Crippen molar-refractivity contribution >= 4 is 45.4 Å². The van der Waals surface area contributed by atoms with Crippen molar-refractivity contribution in [2.24, 2.45) is 0 Å². The number of phenolic OH excluding ortho intramolecular Hbond substituents is 1. The molecule has 4 amide bonds. The van der Waals surface area contributed by atoms with Gasteiger partial charge in [0.2, 0.25) is 0 Å². The van der Waals surface area contributed by atoms with E-state index >= 15 is 0 Å². The summed E-state index contributed by atoms with van der Waals surface area (Å²) in [7, 11) is 0. The average Bonchev–Trinajstić information content (AvgIpc) is 3.25. The van der Waals surface area contributed by atoms with Crippen molar-refractivity contribution in [1.29, 1.82) is 0 Å². The van der Waals surface area contributed by atoms with E-state index in [1.807, 2.05) is 48.5 Å². The van der Waals surface area contributed by atoms with Crippen molar-refractivity contribution in [3.05, 3.63) is 82.9 Å². The summed E-state index contributed by atoms with van der Waals surface area (Å²) >= 11 is 0. The maximum Gasteiger partial charge on any atom is 0.257 e. The van der Waals surface area contributed by atoms with E-state index in [9.17, 15) is 24.3 Å². The molecule has 2 aliphatic heterocycles. The minimum absolute atomic E-state index is 0.0666. The standard InChI is InChI=1S/C43H59N11O6/c55-39-34(42(58)53-23-17-46-13-9-44-10-14-47-18-24-53)29-31(30-35(39)43(59)54-25-19-48-15-11-45-12-16-49-20-26-54)40(56)50-21-27-60-28-22-51-41(57)38-32-5-1-3-7-36(32)52-37-8-4-2-6-33(37)38/h1-8,29-30,44-49,55H,9-28H2,(H,50,56)(H,51,57). The third-order valence-corrected chi connectivity index (χ3v) is 10.4. The van der Waals surface area contributed by atoms with E-state index in [4.69, 9.17) is 9.72 Å². The van der Waals surface area contributed by atoms with Crippen LogP contribution in [0.15, 0.2) is 60.7 Å². The summed E-state index contributed by atoms with van der Waals surface area (Å²) in [6.45, 7) is 10.4. The van der Waals surface area contributed by atoms with E-state index in [0.717, 1.165) is 74.2 Å². The summed E-state index contributed by atoms with van der Waals surface area (Å²) in [6.07, 6.45) is 0. The van der Waals surface area contributed by atoms with E-state index in [1.165, 1.54) is 12.1 Å². The molecule has 0 atom stereocenters. The van der Waals surface area contributed by atoms with Crippen molar-refractivity contribution in [2.75, 3.05) is 131 Å². The molecule has 0 unspecified atom stereocenters. The molecule has 2 aliphatic rings. The van der Waals surface area contributed by atoms with Crippen molar-refractivity contribution in [3.8, 4) is 5.75 Å². The summed E-state index contributed by atoms with van der Waals surface area (Å²) < 4.78 is 5.76. The predicted molar refractivity (Wildman–Crippen MR) is 232 cm³/mol. The van der Waals surface area contributed by atoms with Gasteiger partial charge in [-0.1, -0.05) is 36.4 Å². The Morgan fingerprint density at radius 2 is 0.950 bits per heavy atom. The molecule has 3 aromatic carbocycles. The number of phenols is 1. The Balaban J connectivity index is 1.11. The lowest BCUT2D eigenvalue weighted by Crippen LogP contribution is -2.45. The zero-order valence-corrected chi connectivity index (χ0v) is 34.2. The van der Waals surface area contributed by atoms with Crippen LogP contribution in [0.4, 0.5) is 0 Å². The fourth-order valence-corrected chi connectivity index (χ4v) is 7.23. The number of carbonyl (C=O) groups excluding carboxylic acids is 4. The Morgan fingerprint density at radius 3 is 1.38 bits per heavy atom. The van der Waals surface area contributed by atoms with Gasteiger partial charge in [0.25, 0.3) is 23.6 Å². The van der Waals surface area contributed by atoms with Crippen LogP contribution in [-0.2, 0) is 4.74 Å². The summed E-state index contributed by atoms with van der Waals surface area (Å²) in [5.41, 5.74) is 1.86. The van der Waals surface area contributed by atoms with E-state index in [0.29, 0.717) is 57.9 Å². The highest BCUT2D eigenvalue weighted by Gasteiger charge is 2.28. The number of fused-ring (bicyclic) bond motifs is 2. The third-order valence-electron chi connectivity index (χ3n) is 10.4. The van der Waals surface area contributed by atoms with Crippen molar-refractivity contribution in [1.82, 2.24) is 57.3 Å². The number of pyridine rings is 1. The van der Waals surface area contributed by atoms with Gasteiger partial charge in [-0.25, -0.2) is 4.98 Å². The SMILES string of the molecule is O=C(NCCOCCNC(=O)c1c2ccccc2nc2ccccc12)c1cc(C(=O)N2CCNCCNCCNCC2)c(O)c(C(=O)N2CCNCCNCCNCC2)c1. The second-order valence-electron chi connectivity index (χ2n) is 14.6. The molecule has 60 heavy (non-hydrogen) atoms. The molecule has 0 bridgehead atoms. The molecule has 2 fully saturated rings. The van der Waals surface area contributed by atoms with Crippen LogP contribution in [0.5, 0.6) is 5.75 Å². The number of rotatable bonds is 10. The maximum atomic E-state index is 14.2. The number of hydrogen-bond acceptors (Lipinski definition) is 13. The fourth-order valence-electron chi connectivity index (χ4n) is 7.23. The summed E-state index contributed by atoms with van der Waals surface area (Å²) in [4.78, 5) is 63.5. The molecule has 2 saturated heterocycles. The van der Waals surface area contributed by atoms with Crippen LogP contribution in [0.1, 0.15) is 41.4 Å². The lowest BCUT2D eigenvalue weighted by atomic mass is 10.0. The number of nitrogens with zero attached hydrogens (tertiary/aromatic N) is 3. The number of ether oxygens (including phenoxy) is 1. The topological polar surface area (TPSA) is 213 Å². The first-order chi connectivity index (χ1) is 29.4. The molecular weight excluding hydrogens is 767 g/mol. The van der Waals surface area contributed by atoms with E-state index in [-0.39, 0.29) is 48.9 Å². The quantitative estimate of drug-likeness (QED) is 0.0745. The van der Waals surface area contributed by atoms with Gasteiger partial charge in [0.1, 0.15) is 5.75 Å². The van der Waals surface area contributed by atoms with E-state index in [2.05, 4.69) is 42.5 Å². The molecule has 0 radical (unpaired) electrons. The van der Waals surface area contributed by atoms with E-state index < -0.39 is 23.5 Å². The van der Waals surface area contributed by atoms with Crippen LogP contribution in [0, 0.1) is 0 Å². The normalized spacial score (nSPS) is 16.8. The second kappa shape index (κ2) is 23.5. The smallest absolute Gasteiger partial charge is 0.257 e. The fraction of sp³-hybridized carbons (Fsp3) is 0.465. The highest BCUT2D eigenvalue weighted by molar-refractivity contribution is 6.16. The number of hydrogen-bond donors (Lipinski definition) is 9. The summed E-state index contributed by atoms with van der Waals surface area (Å²) in [5, 5.41) is 39.0. The van der Waals surface area contributed by atoms with Gasteiger partial charge in [-0.15, -0.1) is 0 Å². The van der Waals surface area contributed by atoms with Crippen LogP contribution in [0.25, 0.3) is 21.8 Å². The number of amides is 4. The molecular formula is C43H59N11O6. The van der Waals surface area contributed by atoms with Gasteiger partial charge < -0.3 is 62.2 Å². The van der Waals surface area contributed by atoms with Crippen LogP contribution >= 0.6 is 0 Å². The molecule has 17 heteroatoms. The molecule has 9 N–H and O–H groups in total. The lowest BCUT2D eigenvalue weighted by molar-refractivity contribution is 0.0749. The molecule has 17 nitrogen and oxygen atoms in total. The number of aromatic hydroxyl groups is 1. The van der Waals surface area contributed by atoms with E-state index in [1.54, 1.807) is 9.80 Å². The van der Waals surface area contributed by atoms with Gasteiger partial charge in [0.05, 0.1) is 40.9 Å². The van der Waals surface area contributed by atoms with Gasteiger partial charge in [0.15, 0.2) is 0 Å². The Morgan fingerprint density at radius 1 is 0.567 bits per heavy atom. The van der Waals surface area contributed by atoms with Gasteiger partial charge in [-0.05, 0) is 24.3 Å². The first-order valence-corrected chi connectivity index (χ1v) is 21.0. The number of aromatic nitrogens is 1. The van der Waals surface area contributed by atoms with Crippen molar-refractivity contribution < 1.29 is 29.0 Å². The van der Waals surface area contributed by atoms with Crippen LogP contribution in [-0.4, -0.2) is 175 Å². The van der Waals surface area contributed by atoms with Gasteiger partial charge in [-0.2, -0.15) is 0 Å².